The van der Waals surface area contributed by atoms with Crippen LogP contribution in [-0.4, -0.2) is 14.8 Å². The smallest absolute Gasteiger partial charge is 0.138 e. The van der Waals surface area contributed by atoms with Crippen LogP contribution >= 0.6 is 0 Å². The van der Waals surface area contributed by atoms with Gasteiger partial charge in [-0.05, 0) is 17.5 Å². The van der Waals surface area contributed by atoms with Crippen molar-refractivity contribution in [2.75, 3.05) is 0 Å². The summed E-state index contributed by atoms with van der Waals surface area (Å²) in [4.78, 5) is 4.32. The average Bonchev–Trinajstić information content (AvgIpc) is 2.84. The van der Waals surface area contributed by atoms with Crippen molar-refractivity contribution in [2.24, 2.45) is 0 Å². The van der Waals surface area contributed by atoms with Gasteiger partial charge in [-0.25, -0.2) is 9.67 Å². The molecule has 0 atom stereocenters. The second-order valence-electron chi connectivity index (χ2n) is 4.38. The molecule has 0 saturated carbocycles. The van der Waals surface area contributed by atoms with E-state index in [9.17, 15) is 0 Å². The molecular weight excluding hydrogens is 222 g/mol. The minimum Gasteiger partial charge on any atom is -0.246 e. The van der Waals surface area contributed by atoms with Crippen LogP contribution in [0.4, 0.5) is 0 Å². The van der Waals surface area contributed by atoms with Gasteiger partial charge in [0.1, 0.15) is 12.2 Å². The fraction of sp³-hybridized carbons (Fsp3) is 0.333. The van der Waals surface area contributed by atoms with E-state index in [1.807, 2.05) is 10.8 Å². The second-order valence-corrected chi connectivity index (χ2v) is 4.38. The first-order valence-electron chi connectivity index (χ1n) is 6.41. The molecule has 1 heterocycles. The van der Waals surface area contributed by atoms with E-state index in [1.165, 1.54) is 12.0 Å². The third-order valence-electron chi connectivity index (χ3n) is 3.00. The van der Waals surface area contributed by atoms with Gasteiger partial charge in [-0.2, -0.15) is 5.10 Å². The van der Waals surface area contributed by atoms with E-state index in [4.69, 9.17) is 0 Å². The van der Waals surface area contributed by atoms with Gasteiger partial charge in [0.2, 0.25) is 0 Å². The molecule has 3 nitrogen and oxygen atoms in total. The Kier molecular flexibility index (Phi) is 4.29. The first kappa shape index (κ1) is 12.6. The van der Waals surface area contributed by atoms with Crippen LogP contribution in [0.5, 0.6) is 0 Å². The lowest BCUT2D eigenvalue weighted by molar-refractivity contribution is 0.618. The van der Waals surface area contributed by atoms with Gasteiger partial charge in [-0.15, -0.1) is 0 Å². The maximum absolute atomic E-state index is 4.32. The Morgan fingerprint density at radius 2 is 2.06 bits per heavy atom. The lowest BCUT2D eigenvalue weighted by Gasteiger charge is -2.06. The van der Waals surface area contributed by atoms with E-state index >= 15 is 0 Å². The van der Waals surface area contributed by atoms with Crippen LogP contribution in [0, 0.1) is 0 Å². The molecule has 0 fully saturated rings. The molecule has 0 amide bonds. The zero-order chi connectivity index (χ0) is 12.8. The average molecular weight is 241 g/mol. The zero-order valence-electron chi connectivity index (χ0n) is 10.8. The molecule has 0 spiro atoms. The van der Waals surface area contributed by atoms with Gasteiger partial charge in [0.05, 0.1) is 6.54 Å². The number of rotatable bonds is 6. The minimum atomic E-state index is 0.788. The summed E-state index contributed by atoms with van der Waals surface area (Å²) in [6.45, 7) is 6.73. The molecule has 3 heteroatoms. The van der Waals surface area contributed by atoms with Gasteiger partial charge < -0.3 is 0 Å². The molecular formula is C15H19N3. The maximum atomic E-state index is 4.32. The van der Waals surface area contributed by atoms with E-state index in [-0.39, 0.29) is 0 Å². The molecule has 1 aromatic heterocycles. The summed E-state index contributed by atoms with van der Waals surface area (Å²) in [6, 6.07) is 8.38. The van der Waals surface area contributed by atoms with E-state index in [2.05, 4.69) is 47.9 Å². The van der Waals surface area contributed by atoms with Gasteiger partial charge >= 0.3 is 0 Å². The van der Waals surface area contributed by atoms with Crippen LogP contribution in [0.25, 0.3) is 6.08 Å². The standard InChI is InChI=1S/C15H19N3/c1-3-5-6-15-16-12-17-18(15)11-14-9-7-13(4-2)8-10-14/h4,7-10,12H,2-3,5-6,11H2,1H3. The normalized spacial score (nSPS) is 10.5. The number of unbranched alkanes of at least 4 members (excludes halogenated alkanes) is 1. The van der Waals surface area contributed by atoms with Crippen molar-refractivity contribution in [1.29, 1.82) is 0 Å². The molecule has 0 saturated heterocycles. The minimum absolute atomic E-state index is 0.788. The number of aryl methyl sites for hydroxylation is 1. The van der Waals surface area contributed by atoms with Gasteiger partial charge in [0.25, 0.3) is 0 Å². The Morgan fingerprint density at radius 3 is 2.72 bits per heavy atom. The zero-order valence-corrected chi connectivity index (χ0v) is 10.8. The molecule has 0 unspecified atom stereocenters. The molecule has 0 aliphatic heterocycles. The third-order valence-corrected chi connectivity index (χ3v) is 3.00. The lowest BCUT2D eigenvalue weighted by Crippen LogP contribution is -2.07. The fourth-order valence-electron chi connectivity index (χ4n) is 1.88. The Hall–Kier alpha value is -1.90. The number of hydrogen-bond donors (Lipinski definition) is 0. The van der Waals surface area contributed by atoms with Gasteiger partial charge in [-0.3, -0.25) is 0 Å². The first-order chi connectivity index (χ1) is 8.83. The largest absolute Gasteiger partial charge is 0.246 e. The summed E-state index contributed by atoms with van der Waals surface area (Å²) in [5, 5.41) is 4.29. The molecule has 0 N–H and O–H groups in total. The molecule has 2 rings (SSSR count). The number of nitrogens with zero attached hydrogens (tertiary/aromatic N) is 3. The Balaban J connectivity index is 2.07. The van der Waals surface area contributed by atoms with E-state index in [1.54, 1.807) is 6.33 Å². The SMILES string of the molecule is C=Cc1ccc(Cn2ncnc2CCCC)cc1. The van der Waals surface area contributed by atoms with Gasteiger partial charge in [-0.1, -0.05) is 50.3 Å². The van der Waals surface area contributed by atoms with E-state index < -0.39 is 0 Å². The highest BCUT2D eigenvalue weighted by Gasteiger charge is 2.04. The van der Waals surface area contributed by atoms with Crippen molar-refractivity contribution < 1.29 is 0 Å². The van der Waals surface area contributed by atoms with Crippen LogP contribution in [0.2, 0.25) is 0 Å². The predicted molar refractivity (Wildman–Crippen MR) is 74.3 cm³/mol. The highest BCUT2D eigenvalue weighted by Crippen LogP contribution is 2.09. The Labute approximate surface area is 108 Å². The van der Waals surface area contributed by atoms with Crippen molar-refractivity contribution in [3.05, 3.63) is 54.1 Å². The highest BCUT2D eigenvalue weighted by atomic mass is 15.3. The van der Waals surface area contributed by atoms with Crippen molar-refractivity contribution >= 4 is 6.08 Å². The topological polar surface area (TPSA) is 30.7 Å². The highest BCUT2D eigenvalue weighted by molar-refractivity contribution is 5.47. The number of benzene rings is 1. The summed E-state index contributed by atoms with van der Waals surface area (Å²) in [5.41, 5.74) is 2.38. The van der Waals surface area contributed by atoms with Gasteiger partial charge in [0.15, 0.2) is 0 Å². The summed E-state index contributed by atoms with van der Waals surface area (Å²) in [6.07, 6.45) is 6.84. The fourth-order valence-corrected chi connectivity index (χ4v) is 1.88. The Morgan fingerprint density at radius 1 is 1.28 bits per heavy atom. The van der Waals surface area contributed by atoms with Crippen LogP contribution in [0.15, 0.2) is 37.2 Å². The molecule has 2 aromatic rings. The first-order valence-corrected chi connectivity index (χ1v) is 6.41. The molecule has 94 valence electrons. The van der Waals surface area contributed by atoms with Crippen molar-refractivity contribution in [3.8, 4) is 0 Å². The Bertz CT molecular complexity index is 497. The maximum Gasteiger partial charge on any atom is 0.138 e. The molecule has 0 bridgehead atoms. The number of hydrogen-bond acceptors (Lipinski definition) is 2. The number of aromatic nitrogens is 3. The lowest BCUT2D eigenvalue weighted by atomic mass is 10.1. The van der Waals surface area contributed by atoms with Gasteiger partial charge in [0, 0.05) is 6.42 Å². The van der Waals surface area contributed by atoms with Crippen molar-refractivity contribution in [3.63, 3.8) is 0 Å². The summed E-state index contributed by atoms with van der Waals surface area (Å²) in [5.74, 6) is 1.07. The van der Waals surface area contributed by atoms with Crippen LogP contribution in [-0.2, 0) is 13.0 Å². The second kappa shape index (κ2) is 6.15. The summed E-state index contributed by atoms with van der Waals surface area (Å²) < 4.78 is 1.98. The van der Waals surface area contributed by atoms with E-state index in [0.717, 1.165) is 30.8 Å². The van der Waals surface area contributed by atoms with Crippen molar-refractivity contribution in [1.82, 2.24) is 14.8 Å². The molecule has 1 aromatic carbocycles. The summed E-state index contributed by atoms with van der Waals surface area (Å²) in [7, 11) is 0. The molecule has 0 aliphatic rings. The molecule has 0 radical (unpaired) electrons. The van der Waals surface area contributed by atoms with Crippen LogP contribution in [0.3, 0.4) is 0 Å². The predicted octanol–water partition coefficient (Wildman–Crippen LogP) is 3.31. The third kappa shape index (κ3) is 3.06. The van der Waals surface area contributed by atoms with Crippen LogP contribution < -0.4 is 0 Å². The van der Waals surface area contributed by atoms with Crippen molar-refractivity contribution in [2.45, 2.75) is 32.7 Å². The summed E-state index contributed by atoms with van der Waals surface area (Å²) >= 11 is 0. The monoisotopic (exact) mass is 241 g/mol. The molecule has 18 heavy (non-hydrogen) atoms. The quantitative estimate of drug-likeness (QED) is 0.776. The van der Waals surface area contributed by atoms with E-state index in [0.29, 0.717) is 0 Å². The molecule has 0 aliphatic carbocycles. The van der Waals surface area contributed by atoms with Crippen LogP contribution in [0.1, 0.15) is 36.7 Å².